The van der Waals surface area contributed by atoms with E-state index in [0.29, 0.717) is 6.54 Å². The van der Waals surface area contributed by atoms with Crippen LogP contribution in [0, 0.1) is 6.92 Å². The van der Waals surface area contributed by atoms with Crippen molar-refractivity contribution in [2.75, 3.05) is 42.6 Å². The number of anilines is 2. The number of carbonyl (C=O) groups excluding carboxylic acids is 1. The maximum atomic E-state index is 12.5. The van der Waals surface area contributed by atoms with Gasteiger partial charge in [-0.3, -0.25) is 4.79 Å². The number of halogens is 1. The van der Waals surface area contributed by atoms with Gasteiger partial charge in [0.1, 0.15) is 0 Å². The van der Waals surface area contributed by atoms with Gasteiger partial charge in [0.05, 0.1) is 17.9 Å². The summed E-state index contributed by atoms with van der Waals surface area (Å²) in [6.45, 7) is 6.58. The predicted molar refractivity (Wildman–Crippen MR) is 107 cm³/mol. The molecule has 2 aromatic carbocycles. The van der Waals surface area contributed by atoms with Crippen molar-refractivity contribution in [3.8, 4) is 5.75 Å². The lowest BCUT2D eigenvalue weighted by molar-refractivity contribution is -0.121. The summed E-state index contributed by atoms with van der Waals surface area (Å²) >= 11 is 0. The molecule has 0 aromatic heterocycles. The number of aryl methyl sites for hydroxylation is 1. The van der Waals surface area contributed by atoms with Gasteiger partial charge in [0, 0.05) is 26.2 Å². The first-order chi connectivity index (χ1) is 12.2. The van der Waals surface area contributed by atoms with E-state index < -0.39 is 0 Å². The maximum absolute atomic E-state index is 12.5. The van der Waals surface area contributed by atoms with Crippen LogP contribution in [0.4, 0.5) is 11.4 Å². The molecule has 1 fully saturated rings. The van der Waals surface area contributed by atoms with Crippen LogP contribution in [0.1, 0.15) is 11.1 Å². The summed E-state index contributed by atoms with van der Waals surface area (Å²) < 4.78 is 5.89. The molecule has 0 radical (unpaired) electrons. The van der Waals surface area contributed by atoms with Gasteiger partial charge in [0.2, 0.25) is 0 Å². The first-order valence-electron chi connectivity index (χ1n) is 8.80. The Hall–Kier alpha value is -2.24. The summed E-state index contributed by atoms with van der Waals surface area (Å²) in [5, 5.41) is 3.38. The van der Waals surface area contributed by atoms with Crippen LogP contribution in [0.3, 0.4) is 0 Å². The molecule has 2 aromatic rings. The van der Waals surface area contributed by atoms with Crippen LogP contribution in [0.15, 0.2) is 42.5 Å². The highest BCUT2D eigenvalue weighted by atomic mass is 35.5. The van der Waals surface area contributed by atoms with Crippen molar-refractivity contribution in [3.05, 3.63) is 53.6 Å². The Labute approximate surface area is 160 Å². The van der Waals surface area contributed by atoms with Crippen molar-refractivity contribution < 1.29 is 9.53 Å². The molecule has 0 spiro atoms. The Kier molecular flexibility index (Phi) is 5.69. The Bertz CT molecular complexity index is 776. The zero-order valence-electron chi connectivity index (χ0n) is 14.9. The number of fused-ring (bicyclic) bond motifs is 1. The summed E-state index contributed by atoms with van der Waals surface area (Å²) in [6.07, 6.45) is 0. The number of nitrogens with one attached hydrogen (secondary N) is 1. The van der Waals surface area contributed by atoms with Gasteiger partial charge in [-0.25, -0.2) is 0 Å². The third-order valence-corrected chi connectivity index (χ3v) is 4.77. The first-order valence-corrected chi connectivity index (χ1v) is 8.80. The van der Waals surface area contributed by atoms with Gasteiger partial charge in [0.15, 0.2) is 12.4 Å². The van der Waals surface area contributed by atoms with E-state index in [4.69, 9.17) is 4.74 Å². The summed E-state index contributed by atoms with van der Waals surface area (Å²) in [5.74, 6) is 0.844. The minimum Gasteiger partial charge on any atom is -0.479 e. The van der Waals surface area contributed by atoms with Gasteiger partial charge >= 0.3 is 0 Å². The number of nitrogens with zero attached hydrogens (tertiary/aromatic N) is 2. The van der Waals surface area contributed by atoms with Crippen LogP contribution in [-0.4, -0.2) is 38.7 Å². The van der Waals surface area contributed by atoms with Gasteiger partial charge < -0.3 is 19.9 Å². The number of carbonyl (C=O) groups is 1. The molecule has 2 aliphatic heterocycles. The molecule has 0 bridgehead atoms. The smallest absolute Gasteiger partial charge is 0.265 e. The van der Waals surface area contributed by atoms with Crippen LogP contribution in [0.25, 0.3) is 0 Å². The van der Waals surface area contributed by atoms with Crippen LogP contribution < -0.4 is 19.9 Å². The van der Waals surface area contributed by atoms with Gasteiger partial charge in [0.25, 0.3) is 5.91 Å². The SMILES string of the molecule is Cc1cc(N2CCNCC2)c2c(c1)N(Cc1ccccc1)C(=O)CO2.Cl. The number of hydrogen-bond donors (Lipinski definition) is 1. The minimum atomic E-state index is 0. The number of hydrogen-bond acceptors (Lipinski definition) is 4. The molecule has 0 atom stereocenters. The normalized spacial score (nSPS) is 16.6. The van der Waals surface area contributed by atoms with Gasteiger partial charge in [-0.15, -0.1) is 12.4 Å². The Balaban J connectivity index is 0.00000196. The minimum absolute atomic E-state index is 0. The fourth-order valence-corrected chi connectivity index (χ4v) is 3.51. The lowest BCUT2D eigenvalue weighted by atomic mass is 10.1. The third kappa shape index (κ3) is 3.64. The highest BCUT2D eigenvalue weighted by Crippen LogP contribution is 2.42. The zero-order chi connectivity index (χ0) is 17.2. The van der Waals surface area contributed by atoms with Crippen molar-refractivity contribution in [2.45, 2.75) is 13.5 Å². The summed E-state index contributed by atoms with van der Waals surface area (Å²) in [7, 11) is 0. The van der Waals surface area contributed by atoms with E-state index in [0.717, 1.165) is 54.4 Å². The highest BCUT2D eigenvalue weighted by molar-refractivity contribution is 5.99. The molecular weight excluding hydrogens is 350 g/mol. The number of benzene rings is 2. The van der Waals surface area contributed by atoms with Crippen molar-refractivity contribution in [3.63, 3.8) is 0 Å². The van der Waals surface area contributed by atoms with E-state index in [2.05, 4.69) is 41.4 Å². The second kappa shape index (κ2) is 7.98. The average Bonchev–Trinajstić information content (AvgIpc) is 2.65. The van der Waals surface area contributed by atoms with E-state index in [-0.39, 0.29) is 24.9 Å². The van der Waals surface area contributed by atoms with Crippen molar-refractivity contribution in [1.29, 1.82) is 0 Å². The molecule has 2 aliphatic rings. The molecular formula is C20H24ClN3O2. The fourth-order valence-electron chi connectivity index (χ4n) is 3.51. The Morgan fingerprint density at radius 1 is 1.08 bits per heavy atom. The van der Waals surface area contributed by atoms with E-state index in [1.807, 2.05) is 23.1 Å². The van der Waals surface area contributed by atoms with Crippen molar-refractivity contribution >= 4 is 29.7 Å². The molecule has 0 unspecified atom stereocenters. The van der Waals surface area contributed by atoms with E-state index in [9.17, 15) is 4.79 Å². The second-order valence-corrected chi connectivity index (χ2v) is 6.62. The Morgan fingerprint density at radius 2 is 1.77 bits per heavy atom. The quantitative estimate of drug-likeness (QED) is 0.898. The zero-order valence-corrected chi connectivity index (χ0v) is 15.7. The molecule has 0 saturated carbocycles. The molecule has 4 rings (SSSR count). The molecule has 0 aliphatic carbocycles. The van der Waals surface area contributed by atoms with Crippen LogP contribution >= 0.6 is 12.4 Å². The Morgan fingerprint density at radius 3 is 2.50 bits per heavy atom. The maximum Gasteiger partial charge on any atom is 0.265 e. The average molecular weight is 374 g/mol. The molecule has 6 heteroatoms. The van der Waals surface area contributed by atoms with E-state index in [1.54, 1.807) is 0 Å². The van der Waals surface area contributed by atoms with Crippen LogP contribution in [-0.2, 0) is 11.3 Å². The second-order valence-electron chi connectivity index (χ2n) is 6.62. The summed E-state index contributed by atoms with van der Waals surface area (Å²) in [5.41, 5.74) is 4.24. The van der Waals surface area contributed by atoms with E-state index in [1.165, 1.54) is 0 Å². The number of ether oxygens (including phenoxy) is 1. The summed E-state index contributed by atoms with van der Waals surface area (Å²) in [6, 6.07) is 14.3. The molecule has 1 amide bonds. The fraction of sp³-hybridized carbons (Fsp3) is 0.350. The third-order valence-electron chi connectivity index (χ3n) is 4.77. The standard InChI is InChI=1S/C20H23N3O2.ClH/c1-15-11-17(22-9-7-21-8-10-22)20-18(12-15)23(19(24)14-25-20)13-16-5-3-2-4-6-16;/h2-6,11-12,21H,7-10,13-14H2,1H3;1H. The predicted octanol–water partition coefficient (Wildman–Crippen LogP) is 2.75. The molecule has 1 saturated heterocycles. The number of rotatable bonds is 3. The van der Waals surface area contributed by atoms with Gasteiger partial charge in [-0.05, 0) is 30.2 Å². The number of piperazine rings is 1. The van der Waals surface area contributed by atoms with Crippen molar-refractivity contribution in [1.82, 2.24) is 5.32 Å². The lowest BCUT2D eigenvalue weighted by Crippen LogP contribution is -2.44. The molecule has 1 N–H and O–H groups in total. The van der Waals surface area contributed by atoms with E-state index >= 15 is 0 Å². The van der Waals surface area contributed by atoms with Gasteiger partial charge in [-0.2, -0.15) is 0 Å². The lowest BCUT2D eigenvalue weighted by Gasteiger charge is -2.36. The molecule has 2 heterocycles. The van der Waals surface area contributed by atoms with Gasteiger partial charge in [-0.1, -0.05) is 30.3 Å². The monoisotopic (exact) mass is 373 g/mol. The topological polar surface area (TPSA) is 44.8 Å². The summed E-state index contributed by atoms with van der Waals surface area (Å²) in [4.78, 5) is 16.7. The van der Waals surface area contributed by atoms with Crippen molar-refractivity contribution in [2.24, 2.45) is 0 Å². The highest BCUT2D eigenvalue weighted by Gasteiger charge is 2.30. The largest absolute Gasteiger partial charge is 0.479 e. The number of amides is 1. The molecule has 26 heavy (non-hydrogen) atoms. The molecule has 5 nitrogen and oxygen atoms in total. The van der Waals surface area contributed by atoms with Crippen LogP contribution in [0.2, 0.25) is 0 Å². The molecule has 138 valence electrons. The van der Waals surface area contributed by atoms with Crippen LogP contribution in [0.5, 0.6) is 5.75 Å². The first kappa shape index (κ1) is 18.5.